The lowest BCUT2D eigenvalue weighted by Crippen LogP contribution is -2.44. The molecule has 0 aliphatic carbocycles. The number of nitrogens with zero attached hydrogens (tertiary/aromatic N) is 3. The van der Waals surface area contributed by atoms with E-state index in [9.17, 15) is 9.59 Å². The quantitative estimate of drug-likeness (QED) is 0.866. The fourth-order valence-corrected chi connectivity index (χ4v) is 2.30. The van der Waals surface area contributed by atoms with Crippen molar-refractivity contribution in [3.8, 4) is 0 Å². The lowest BCUT2D eigenvalue weighted by molar-refractivity contribution is -0.135. The minimum atomic E-state index is -0.460. The second-order valence-corrected chi connectivity index (χ2v) is 5.01. The number of nitrogens with one attached hydrogen (secondary N) is 1. The summed E-state index contributed by atoms with van der Waals surface area (Å²) in [6.45, 7) is 6.95. The highest BCUT2D eigenvalue weighted by Crippen LogP contribution is 2.15. The van der Waals surface area contributed by atoms with Gasteiger partial charge >= 0.3 is 0 Å². The van der Waals surface area contributed by atoms with Crippen LogP contribution in [0, 0.1) is 0 Å². The molecule has 0 radical (unpaired) electrons. The van der Waals surface area contributed by atoms with Gasteiger partial charge in [-0.3, -0.25) is 14.3 Å². The number of amides is 2. The van der Waals surface area contributed by atoms with E-state index in [1.165, 1.54) is 0 Å². The summed E-state index contributed by atoms with van der Waals surface area (Å²) in [4.78, 5) is 25.6. The summed E-state index contributed by atoms with van der Waals surface area (Å²) >= 11 is 0. The van der Waals surface area contributed by atoms with Crippen LogP contribution < -0.4 is 5.32 Å². The third kappa shape index (κ3) is 2.94. The molecule has 6 heteroatoms. The molecular formula is C13H20N4O2. The average molecular weight is 264 g/mol. The zero-order valence-corrected chi connectivity index (χ0v) is 11.6. The van der Waals surface area contributed by atoms with E-state index < -0.39 is 6.04 Å². The Bertz CT molecular complexity index is 483. The second-order valence-electron chi connectivity index (χ2n) is 5.01. The Hall–Kier alpha value is -1.85. The zero-order chi connectivity index (χ0) is 14.0. The minimum Gasteiger partial charge on any atom is -0.345 e. The zero-order valence-electron chi connectivity index (χ0n) is 11.6. The van der Waals surface area contributed by atoms with E-state index in [4.69, 9.17) is 0 Å². The number of hydrogen-bond donors (Lipinski definition) is 1. The predicted molar refractivity (Wildman–Crippen MR) is 70.1 cm³/mol. The monoisotopic (exact) mass is 264 g/mol. The topological polar surface area (TPSA) is 67.2 Å². The SMILES string of the molecule is CCn1cc(CN2C(=O)C(C)NC(=O)CC2C)cn1. The van der Waals surface area contributed by atoms with Gasteiger partial charge in [-0.2, -0.15) is 5.10 Å². The summed E-state index contributed by atoms with van der Waals surface area (Å²) in [5.74, 6) is -0.109. The summed E-state index contributed by atoms with van der Waals surface area (Å²) in [6.07, 6.45) is 4.05. The van der Waals surface area contributed by atoms with Crippen molar-refractivity contribution in [1.82, 2.24) is 20.0 Å². The van der Waals surface area contributed by atoms with Crippen LogP contribution in [0.1, 0.15) is 32.8 Å². The molecule has 1 aromatic heterocycles. The molecule has 2 atom stereocenters. The summed E-state index contributed by atoms with van der Waals surface area (Å²) in [5, 5.41) is 6.91. The van der Waals surface area contributed by atoms with Gasteiger partial charge in [0.25, 0.3) is 0 Å². The molecular weight excluding hydrogens is 244 g/mol. The number of carbonyl (C=O) groups is 2. The van der Waals surface area contributed by atoms with Crippen LogP contribution in [0.3, 0.4) is 0 Å². The Morgan fingerprint density at radius 1 is 1.42 bits per heavy atom. The van der Waals surface area contributed by atoms with Crippen LogP contribution in [-0.2, 0) is 22.7 Å². The number of aromatic nitrogens is 2. The molecule has 104 valence electrons. The van der Waals surface area contributed by atoms with Gasteiger partial charge in [-0.15, -0.1) is 0 Å². The van der Waals surface area contributed by atoms with Crippen molar-refractivity contribution in [3.63, 3.8) is 0 Å². The van der Waals surface area contributed by atoms with Gasteiger partial charge in [0.2, 0.25) is 11.8 Å². The summed E-state index contributed by atoms with van der Waals surface area (Å²) < 4.78 is 1.83. The Kier molecular flexibility index (Phi) is 3.87. The van der Waals surface area contributed by atoms with Gasteiger partial charge in [-0.05, 0) is 20.8 Å². The molecule has 1 N–H and O–H groups in total. The molecule has 2 rings (SSSR count). The maximum Gasteiger partial charge on any atom is 0.245 e. The Balaban J connectivity index is 2.15. The molecule has 2 amide bonds. The van der Waals surface area contributed by atoms with Crippen LogP contribution >= 0.6 is 0 Å². The molecule has 2 heterocycles. The van der Waals surface area contributed by atoms with Gasteiger partial charge in [0.15, 0.2) is 0 Å². The fourth-order valence-electron chi connectivity index (χ4n) is 2.30. The van der Waals surface area contributed by atoms with Gasteiger partial charge in [0.1, 0.15) is 6.04 Å². The fraction of sp³-hybridized carbons (Fsp3) is 0.615. The predicted octanol–water partition coefficient (Wildman–Crippen LogP) is 0.528. The van der Waals surface area contributed by atoms with Crippen LogP contribution in [0.15, 0.2) is 12.4 Å². The molecule has 1 saturated heterocycles. The van der Waals surface area contributed by atoms with Crippen LogP contribution in [0.2, 0.25) is 0 Å². The molecule has 1 aromatic rings. The van der Waals surface area contributed by atoms with Crippen LogP contribution in [0.25, 0.3) is 0 Å². The van der Waals surface area contributed by atoms with Gasteiger partial charge < -0.3 is 10.2 Å². The Labute approximate surface area is 112 Å². The van der Waals surface area contributed by atoms with Gasteiger partial charge in [0, 0.05) is 37.3 Å². The maximum absolute atomic E-state index is 12.3. The molecule has 0 saturated carbocycles. The first-order valence-corrected chi connectivity index (χ1v) is 6.62. The van der Waals surface area contributed by atoms with Gasteiger partial charge in [-0.25, -0.2) is 0 Å². The highest BCUT2D eigenvalue weighted by atomic mass is 16.2. The number of rotatable bonds is 3. The number of aryl methyl sites for hydroxylation is 1. The van der Waals surface area contributed by atoms with Crippen molar-refractivity contribution >= 4 is 11.8 Å². The number of hydrogen-bond acceptors (Lipinski definition) is 3. The molecule has 6 nitrogen and oxygen atoms in total. The van der Waals surface area contributed by atoms with Gasteiger partial charge in [-0.1, -0.05) is 0 Å². The highest BCUT2D eigenvalue weighted by molar-refractivity contribution is 5.90. The standard InChI is InChI=1S/C13H20N4O2/c1-4-16-7-11(6-14-16)8-17-9(2)5-12(18)15-10(3)13(17)19/h6-7,9-10H,4-5,8H2,1-3H3,(H,15,18). The van der Waals surface area contributed by atoms with Crippen molar-refractivity contribution < 1.29 is 9.59 Å². The molecule has 1 aliphatic rings. The van der Waals surface area contributed by atoms with E-state index in [2.05, 4.69) is 10.4 Å². The molecule has 1 aliphatic heterocycles. The second kappa shape index (κ2) is 5.42. The molecule has 0 spiro atoms. The van der Waals surface area contributed by atoms with Gasteiger partial charge in [0.05, 0.1) is 6.20 Å². The normalized spacial score (nSPS) is 24.3. The maximum atomic E-state index is 12.3. The largest absolute Gasteiger partial charge is 0.345 e. The van der Waals surface area contributed by atoms with Crippen molar-refractivity contribution in [3.05, 3.63) is 18.0 Å². The van der Waals surface area contributed by atoms with E-state index in [1.54, 1.807) is 18.0 Å². The Morgan fingerprint density at radius 2 is 2.16 bits per heavy atom. The van der Waals surface area contributed by atoms with E-state index in [0.29, 0.717) is 13.0 Å². The Morgan fingerprint density at radius 3 is 2.79 bits per heavy atom. The first-order chi connectivity index (χ1) is 9.01. The van der Waals surface area contributed by atoms with Crippen molar-refractivity contribution in [2.75, 3.05) is 0 Å². The van der Waals surface area contributed by atoms with Crippen molar-refractivity contribution in [2.24, 2.45) is 0 Å². The third-order valence-corrected chi connectivity index (χ3v) is 3.41. The van der Waals surface area contributed by atoms with Crippen LogP contribution in [0.5, 0.6) is 0 Å². The lowest BCUT2D eigenvalue weighted by Gasteiger charge is -2.27. The lowest BCUT2D eigenvalue weighted by atomic mass is 10.2. The summed E-state index contributed by atoms with van der Waals surface area (Å²) in [7, 11) is 0. The minimum absolute atomic E-state index is 0.0393. The van der Waals surface area contributed by atoms with Crippen molar-refractivity contribution in [2.45, 2.75) is 52.4 Å². The van der Waals surface area contributed by atoms with E-state index in [-0.39, 0.29) is 17.9 Å². The average Bonchev–Trinajstić information content (AvgIpc) is 2.78. The van der Waals surface area contributed by atoms with Crippen molar-refractivity contribution in [1.29, 1.82) is 0 Å². The first-order valence-electron chi connectivity index (χ1n) is 6.62. The molecule has 0 bridgehead atoms. The van der Waals surface area contributed by atoms with E-state index in [1.807, 2.05) is 24.7 Å². The van der Waals surface area contributed by atoms with Crippen LogP contribution in [-0.4, -0.2) is 38.6 Å². The first kappa shape index (κ1) is 13.6. The smallest absolute Gasteiger partial charge is 0.245 e. The molecule has 2 unspecified atom stereocenters. The molecule has 19 heavy (non-hydrogen) atoms. The highest BCUT2D eigenvalue weighted by Gasteiger charge is 2.31. The third-order valence-electron chi connectivity index (χ3n) is 3.41. The molecule has 1 fully saturated rings. The summed E-state index contributed by atoms with van der Waals surface area (Å²) in [6, 6.07) is -0.555. The van der Waals surface area contributed by atoms with E-state index >= 15 is 0 Å². The van der Waals surface area contributed by atoms with E-state index in [0.717, 1.165) is 12.1 Å². The summed E-state index contributed by atoms with van der Waals surface area (Å²) in [5.41, 5.74) is 0.989. The van der Waals surface area contributed by atoms with Crippen LogP contribution in [0.4, 0.5) is 0 Å². The number of carbonyl (C=O) groups excluding carboxylic acids is 2. The molecule has 0 aromatic carbocycles.